The van der Waals surface area contributed by atoms with Crippen LogP contribution in [0.5, 0.6) is 0 Å². The Labute approximate surface area is 228 Å². The number of nitrogens with zero attached hydrogens (tertiary/aromatic N) is 2. The van der Waals surface area contributed by atoms with Crippen molar-refractivity contribution >= 4 is 34.0 Å². The maximum Gasteiger partial charge on any atom is 0.338 e. The van der Waals surface area contributed by atoms with Gasteiger partial charge in [0.05, 0.1) is 22.3 Å². The first-order valence-electron chi connectivity index (χ1n) is 11.5. The minimum absolute atomic E-state index is 0.00929. The Morgan fingerprint density at radius 1 is 0.950 bits per heavy atom. The van der Waals surface area contributed by atoms with Crippen LogP contribution in [0.3, 0.4) is 0 Å². The predicted octanol–water partition coefficient (Wildman–Crippen LogP) is 3.72. The Bertz CT molecular complexity index is 1450. The zero-order chi connectivity index (χ0) is 29.1. The molecule has 3 aromatic rings. The Hall–Kier alpha value is -4.69. The molecule has 0 fully saturated rings. The summed E-state index contributed by atoms with van der Waals surface area (Å²) < 4.78 is 57.4. The van der Waals surface area contributed by atoms with Crippen molar-refractivity contribution in [2.75, 3.05) is 13.7 Å². The number of rotatable bonds is 13. The highest BCUT2D eigenvalue weighted by molar-refractivity contribution is 7.87. The molecule has 12 nitrogen and oxygen atoms in total. The lowest BCUT2D eigenvalue weighted by Gasteiger charge is -2.27. The number of para-hydroxylation sites is 1. The van der Waals surface area contributed by atoms with Gasteiger partial charge < -0.3 is 14.3 Å². The maximum atomic E-state index is 15.4. The molecular weight excluding hydrogens is 551 g/mol. The number of halogens is 1. The second-order valence-corrected chi connectivity index (χ2v) is 9.44. The van der Waals surface area contributed by atoms with Gasteiger partial charge in [-0.15, -0.1) is 0 Å². The average molecular weight is 575 g/mol. The van der Waals surface area contributed by atoms with Gasteiger partial charge in [-0.3, -0.25) is 14.3 Å². The second-order valence-electron chi connectivity index (χ2n) is 7.90. The number of esters is 2. The highest BCUT2D eigenvalue weighted by Crippen LogP contribution is 2.27. The number of oxime groups is 1. The summed E-state index contributed by atoms with van der Waals surface area (Å²) in [4.78, 5) is 39.5. The van der Waals surface area contributed by atoms with Gasteiger partial charge >= 0.3 is 22.1 Å². The molecule has 0 radical (unpaired) electrons. The molecule has 3 aromatic carbocycles. The van der Waals surface area contributed by atoms with Crippen LogP contribution in [0.1, 0.15) is 20.7 Å². The van der Waals surface area contributed by atoms with Gasteiger partial charge in [0.1, 0.15) is 13.7 Å². The van der Waals surface area contributed by atoms with Crippen molar-refractivity contribution in [2.45, 2.75) is 23.3 Å². The molecule has 0 unspecified atom stereocenters. The summed E-state index contributed by atoms with van der Waals surface area (Å²) in [5.41, 5.74) is -0.749. The number of carbonyl (C=O) groups excluding carboxylic acids is 2. The molecule has 0 aliphatic carbocycles. The molecule has 40 heavy (non-hydrogen) atoms. The zero-order valence-electron chi connectivity index (χ0n) is 20.9. The van der Waals surface area contributed by atoms with Crippen LogP contribution in [-0.2, 0) is 28.6 Å². The summed E-state index contributed by atoms with van der Waals surface area (Å²) in [6, 6.07) is 19.2. The third-order valence-electron chi connectivity index (χ3n) is 5.21. The van der Waals surface area contributed by atoms with E-state index in [1.807, 2.05) is 0 Å². The minimum atomic E-state index is -5.01. The summed E-state index contributed by atoms with van der Waals surface area (Å²) in [5, 5.41) is 14.7. The SMILES string of the molecule is CO/N=C\[C@@H](F)[C@H](OC(=O)c1ccccc1)[C@@H](COC(=O)c1ccccc1)OS(=O)(=O)c1ccccc1[N+](=O)[O-]. The van der Waals surface area contributed by atoms with Crippen LogP contribution in [0.2, 0.25) is 0 Å². The van der Waals surface area contributed by atoms with Crippen molar-refractivity contribution in [2.24, 2.45) is 5.16 Å². The number of hydrogen-bond donors (Lipinski definition) is 0. The topological polar surface area (TPSA) is 161 Å². The first kappa shape index (κ1) is 29.9. The molecule has 0 bridgehead atoms. The first-order chi connectivity index (χ1) is 19.1. The van der Waals surface area contributed by atoms with E-state index in [1.165, 1.54) is 48.5 Å². The summed E-state index contributed by atoms with van der Waals surface area (Å²) in [6.07, 6.45) is -5.86. The number of alkyl halides is 1. The van der Waals surface area contributed by atoms with Crippen molar-refractivity contribution in [3.63, 3.8) is 0 Å². The van der Waals surface area contributed by atoms with Crippen LogP contribution in [0.4, 0.5) is 10.1 Å². The van der Waals surface area contributed by atoms with Crippen molar-refractivity contribution < 1.29 is 45.8 Å². The predicted molar refractivity (Wildman–Crippen MR) is 138 cm³/mol. The summed E-state index contributed by atoms with van der Waals surface area (Å²) in [7, 11) is -3.90. The van der Waals surface area contributed by atoms with E-state index in [-0.39, 0.29) is 11.1 Å². The minimum Gasteiger partial charge on any atom is -0.459 e. The quantitative estimate of drug-likeness (QED) is 0.0967. The van der Waals surface area contributed by atoms with Crippen LogP contribution in [-0.4, -0.2) is 63.6 Å². The molecule has 210 valence electrons. The molecule has 3 atom stereocenters. The van der Waals surface area contributed by atoms with Gasteiger partial charge in [-0.2, -0.15) is 8.42 Å². The molecule has 0 aliphatic heterocycles. The van der Waals surface area contributed by atoms with Crippen molar-refractivity contribution in [3.05, 3.63) is 106 Å². The van der Waals surface area contributed by atoms with E-state index < -0.39 is 62.5 Å². The van der Waals surface area contributed by atoms with Crippen LogP contribution < -0.4 is 0 Å². The molecule has 0 saturated heterocycles. The fourth-order valence-electron chi connectivity index (χ4n) is 3.34. The fourth-order valence-corrected chi connectivity index (χ4v) is 4.58. The van der Waals surface area contributed by atoms with Crippen molar-refractivity contribution in [1.29, 1.82) is 0 Å². The van der Waals surface area contributed by atoms with E-state index in [0.717, 1.165) is 19.2 Å². The highest BCUT2D eigenvalue weighted by atomic mass is 32.2. The molecule has 0 heterocycles. The Kier molecular flexibility index (Phi) is 10.4. The average Bonchev–Trinajstić information content (AvgIpc) is 2.97. The first-order valence-corrected chi connectivity index (χ1v) is 12.9. The molecule has 0 aromatic heterocycles. The van der Waals surface area contributed by atoms with Crippen molar-refractivity contribution in [1.82, 2.24) is 0 Å². The van der Waals surface area contributed by atoms with E-state index in [4.69, 9.17) is 13.7 Å². The number of carbonyl (C=O) groups is 2. The Balaban J connectivity index is 2.01. The molecule has 0 amide bonds. The van der Waals surface area contributed by atoms with Gasteiger partial charge in [0.2, 0.25) is 0 Å². The number of nitro groups is 1. The number of hydrogen-bond acceptors (Lipinski definition) is 11. The third-order valence-corrected chi connectivity index (χ3v) is 6.60. The molecule has 0 spiro atoms. The monoisotopic (exact) mass is 574 g/mol. The largest absolute Gasteiger partial charge is 0.459 e. The van der Waals surface area contributed by atoms with E-state index in [9.17, 15) is 28.1 Å². The number of ether oxygens (including phenoxy) is 2. The lowest BCUT2D eigenvalue weighted by Crippen LogP contribution is -2.45. The lowest BCUT2D eigenvalue weighted by atomic mass is 10.1. The molecule has 14 heteroatoms. The van der Waals surface area contributed by atoms with Crippen LogP contribution >= 0.6 is 0 Å². The molecule has 0 saturated carbocycles. The molecule has 0 N–H and O–H groups in total. The molecular formula is C26H23FN2O10S. The summed E-state index contributed by atoms with van der Waals surface area (Å²) in [6.45, 7) is -0.943. The van der Waals surface area contributed by atoms with Crippen molar-refractivity contribution in [3.8, 4) is 0 Å². The van der Waals surface area contributed by atoms with E-state index in [1.54, 1.807) is 24.3 Å². The standard InChI is InChI=1S/C26H23FN2O10S/c1-36-28-16-20(27)24(38-26(31)19-12-6-3-7-13-19)22(17-37-25(30)18-10-4-2-5-11-18)39-40(34,35)23-15-9-8-14-21(23)29(32)33/h2-16,20,22,24H,17H2,1H3/b28-16-/t20-,22-,24+/m1/s1. The fraction of sp³-hybridized carbons (Fsp3) is 0.192. The number of benzene rings is 3. The van der Waals surface area contributed by atoms with Crippen LogP contribution in [0.25, 0.3) is 0 Å². The van der Waals surface area contributed by atoms with Crippen LogP contribution in [0, 0.1) is 10.1 Å². The van der Waals surface area contributed by atoms with Crippen LogP contribution in [0.15, 0.2) is 95.0 Å². The van der Waals surface area contributed by atoms with Gasteiger partial charge in [-0.25, -0.2) is 14.0 Å². The second kappa shape index (κ2) is 13.9. The van der Waals surface area contributed by atoms with Gasteiger partial charge in [0.15, 0.2) is 23.3 Å². The van der Waals surface area contributed by atoms with Gasteiger partial charge in [-0.1, -0.05) is 53.7 Å². The highest BCUT2D eigenvalue weighted by Gasteiger charge is 2.40. The normalized spacial score (nSPS) is 13.7. The summed E-state index contributed by atoms with van der Waals surface area (Å²) in [5.74, 6) is -1.99. The van der Waals surface area contributed by atoms with E-state index in [0.29, 0.717) is 6.21 Å². The van der Waals surface area contributed by atoms with Gasteiger partial charge in [-0.05, 0) is 30.3 Å². The van der Waals surface area contributed by atoms with Gasteiger partial charge in [0.25, 0.3) is 5.69 Å². The third kappa shape index (κ3) is 7.91. The van der Waals surface area contributed by atoms with E-state index >= 15 is 4.39 Å². The number of nitro benzene ring substituents is 1. The molecule has 3 rings (SSSR count). The summed E-state index contributed by atoms with van der Waals surface area (Å²) >= 11 is 0. The van der Waals surface area contributed by atoms with E-state index in [2.05, 4.69) is 9.99 Å². The smallest absolute Gasteiger partial charge is 0.338 e. The molecule has 0 aliphatic rings. The Morgan fingerprint density at radius 3 is 2.08 bits per heavy atom. The lowest BCUT2D eigenvalue weighted by molar-refractivity contribution is -0.387. The zero-order valence-corrected chi connectivity index (χ0v) is 21.7. The maximum absolute atomic E-state index is 15.4. The Morgan fingerprint density at radius 2 is 1.50 bits per heavy atom. The van der Waals surface area contributed by atoms with Gasteiger partial charge in [0, 0.05) is 6.07 Å².